The molecule has 0 bridgehead atoms. The largest absolute Gasteiger partial charge is 0.444 e. The van der Waals surface area contributed by atoms with Gasteiger partial charge in [0.15, 0.2) is 0 Å². The Balaban J connectivity index is 2.02. The van der Waals surface area contributed by atoms with E-state index in [1.807, 2.05) is 26.8 Å². The summed E-state index contributed by atoms with van der Waals surface area (Å²) in [5, 5.41) is 0. The molecule has 5 heteroatoms. The molecule has 122 valence electrons. The van der Waals surface area contributed by atoms with Crippen molar-refractivity contribution in [1.29, 1.82) is 0 Å². The Morgan fingerprint density at radius 1 is 1.45 bits per heavy atom. The Kier molecular flexibility index (Phi) is 5.06. The van der Waals surface area contributed by atoms with Gasteiger partial charge in [-0.15, -0.1) is 0 Å². The molecule has 1 aromatic carbocycles. The molecule has 1 aliphatic rings. The van der Waals surface area contributed by atoms with Gasteiger partial charge in [-0.25, -0.2) is 9.18 Å². The Labute approximate surface area is 131 Å². The molecule has 1 aromatic rings. The lowest BCUT2D eigenvalue weighted by molar-refractivity contribution is 0.0152. The van der Waals surface area contributed by atoms with Gasteiger partial charge in [0.1, 0.15) is 11.4 Å². The predicted molar refractivity (Wildman–Crippen MR) is 83.9 cm³/mol. The van der Waals surface area contributed by atoms with Gasteiger partial charge in [0, 0.05) is 19.1 Å². The number of nitrogens with two attached hydrogens (primary N) is 1. The van der Waals surface area contributed by atoms with Crippen LogP contribution in [0.15, 0.2) is 24.3 Å². The van der Waals surface area contributed by atoms with Gasteiger partial charge in [0.25, 0.3) is 0 Å². The highest BCUT2D eigenvalue weighted by Crippen LogP contribution is 2.29. The van der Waals surface area contributed by atoms with Crippen molar-refractivity contribution in [2.75, 3.05) is 13.1 Å². The van der Waals surface area contributed by atoms with E-state index in [-0.39, 0.29) is 23.9 Å². The summed E-state index contributed by atoms with van der Waals surface area (Å²) < 4.78 is 18.8. The van der Waals surface area contributed by atoms with Crippen molar-refractivity contribution < 1.29 is 13.9 Å². The number of hydrogen-bond acceptors (Lipinski definition) is 3. The standard InChI is InChI=1S/C17H25FN2O2/c1-17(2,3)22-16(21)20-9-5-7-13(11-20)15(19)12-6-4-8-14(18)10-12/h4,6,8,10,13,15H,5,7,9,11,19H2,1-3H3. The molecule has 0 radical (unpaired) electrons. The lowest BCUT2D eigenvalue weighted by Crippen LogP contribution is -2.45. The van der Waals surface area contributed by atoms with E-state index in [4.69, 9.17) is 10.5 Å². The van der Waals surface area contributed by atoms with Crippen molar-refractivity contribution in [3.8, 4) is 0 Å². The highest BCUT2D eigenvalue weighted by atomic mass is 19.1. The van der Waals surface area contributed by atoms with Crippen LogP contribution in [0.3, 0.4) is 0 Å². The minimum Gasteiger partial charge on any atom is -0.444 e. The summed E-state index contributed by atoms with van der Waals surface area (Å²) in [6.45, 7) is 6.79. The Bertz CT molecular complexity index is 528. The lowest BCUT2D eigenvalue weighted by atomic mass is 9.87. The lowest BCUT2D eigenvalue weighted by Gasteiger charge is -2.36. The molecular weight excluding hydrogens is 283 g/mol. The molecule has 1 fully saturated rings. The van der Waals surface area contributed by atoms with Crippen LogP contribution >= 0.6 is 0 Å². The van der Waals surface area contributed by atoms with Gasteiger partial charge in [0.05, 0.1) is 0 Å². The summed E-state index contributed by atoms with van der Waals surface area (Å²) in [4.78, 5) is 13.9. The minimum atomic E-state index is -0.505. The molecule has 2 unspecified atom stereocenters. The quantitative estimate of drug-likeness (QED) is 0.910. The topological polar surface area (TPSA) is 55.6 Å². The van der Waals surface area contributed by atoms with Gasteiger partial charge in [-0.05, 0) is 57.2 Å². The second-order valence-corrected chi connectivity index (χ2v) is 6.91. The molecule has 22 heavy (non-hydrogen) atoms. The molecule has 0 aromatic heterocycles. The number of benzene rings is 1. The molecule has 1 aliphatic heterocycles. The SMILES string of the molecule is CC(C)(C)OC(=O)N1CCCC(C(N)c2cccc(F)c2)C1. The third-order valence-corrected chi connectivity index (χ3v) is 3.85. The number of carbonyl (C=O) groups excluding carboxylic acids is 1. The molecule has 1 saturated heterocycles. The first-order chi connectivity index (χ1) is 10.3. The van der Waals surface area contributed by atoms with Crippen molar-refractivity contribution in [3.63, 3.8) is 0 Å². The van der Waals surface area contributed by atoms with E-state index >= 15 is 0 Å². The number of carbonyl (C=O) groups is 1. The van der Waals surface area contributed by atoms with Crippen LogP contribution in [0.25, 0.3) is 0 Å². The molecule has 4 nitrogen and oxygen atoms in total. The third-order valence-electron chi connectivity index (χ3n) is 3.85. The summed E-state index contributed by atoms with van der Waals surface area (Å²) in [7, 11) is 0. The van der Waals surface area contributed by atoms with Crippen LogP contribution in [0.5, 0.6) is 0 Å². The Morgan fingerprint density at radius 3 is 2.82 bits per heavy atom. The van der Waals surface area contributed by atoms with Crippen LogP contribution in [0.4, 0.5) is 9.18 Å². The van der Waals surface area contributed by atoms with Gasteiger partial charge >= 0.3 is 6.09 Å². The van der Waals surface area contributed by atoms with Gasteiger partial charge in [-0.2, -0.15) is 0 Å². The first-order valence-corrected chi connectivity index (χ1v) is 7.75. The highest BCUT2D eigenvalue weighted by molar-refractivity contribution is 5.68. The van der Waals surface area contributed by atoms with E-state index in [0.29, 0.717) is 13.1 Å². The van der Waals surface area contributed by atoms with Crippen molar-refractivity contribution in [2.24, 2.45) is 11.7 Å². The van der Waals surface area contributed by atoms with Crippen molar-refractivity contribution in [1.82, 2.24) is 4.90 Å². The van der Waals surface area contributed by atoms with Crippen LogP contribution in [-0.2, 0) is 4.74 Å². The van der Waals surface area contributed by atoms with E-state index in [1.54, 1.807) is 11.0 Å². The van der Waals surface area contributed by atoms with Gasteiger partial charge in [-0.1, -0.05) is 12.1 Å². The molecule has 1 heterocycles. The molecular formula is C17H25FN2O2. The Morgan fingerprint density at radius 2 is 2.18 bits per heavy atom. The van der Waals surface area contributed by atoms with Crippen LogP contribution in [-0.4, -0.2) is 29.7 Å². The summed E-state index contributed by atoms with van der Waals surface area (Å²) in [6.07, 6.45) is 1.51. The number of nitrogens with zero attached hydrogens (tertiary/aromatic N) is 1. The molecule has 0 saturated carbocycles. The average molecular weight is 308 g/mol. The first kappa shape index (κ1) is 16.7. The Hall–Kier alpha value is -1.62. The second-order valence-electron chi connectivity index (χ2n) is 6.91. The first-order valence-electron chi connectivity index (χ1n) is 7.75. The number of piperidine rings is 1. The average Bonchev–Trinajstić information content (AvgIpc) is 2.45. The number of ether oxygens (including phenoxy) is 1. The number of rotatable bonds is 2. The zero-order valence-electron chi connectivity index (χ0n) is 13.5. The van der Waals surface area contributed by atoms with E-state index in [0.717, 1.165) is 18.4 Å². The monoisotopic (exact) mass is 308 g/mol. The van der Waals surface area contributed by atoms with Crippen LogP contribution in [0.1, 0.15) is 45.2 Å². The summed E-state index contributed by atoms with van der Waals surface area (Å²) in [5.41, 5.74) is 6.55. The fourth-order valence-corrected chi connectivity index (χ4v) is 2.78. The van der Waals surface area contributed by atoms with E-state index in [2.05, 4.69) is 0 Å². The van der Waals surface area contributed by atoms with Crippen LogP contribution in [0, 0.1) is 11.7 Å². The van der Waals surface area contributed by atoms with E-state index in [1.165, 1.54) is 12.1 Å². The fraction of sp³-hybridized carbons (Fsp3) is 0.588. The molecule has 2 atom stereocenters. The fourth-order valence-electron chi connectivity index (χ4n) is 2.78. The summed E-state index contributed by atoms with van der Waals surface area (Å²) in [6, 6.07) is 6.10. The molecule has 1 amide bonds. The predicted octanol–water partition coefficient (Wildman–Crippen LogP) is 3.47. The van der Waals surface area contributed by atoms with E-state index < -0.39 is 5.60 Å². The zero-order chi connectivity index (χ0) is 16.3. The van der Waals surface area contributed by atoms with Crippen molar-refractivity contribution >= 4 is 6.09 Å². The van der Waals surface area contributed by atoms with Gasteiger partial charge in [-0.3, -0.25) is 0 Å². The molecule has 0 aliphatic carbocycles. The maximum absolute atomic E-state index is 13.3. The summed E-state index contributed by atoms with van der Waals surface area (Å²) >= 11 is 0. The molecule has 0 spiro atoms. The molecule has 2 N–H and O–H groups in total. The number of hydrogen-bond donors (Lipinski definition) is 1. The minimum absolute atomic E-state index is 0.114. The zero-order valence-corrected chi connectivity index (χ0v) is 13.5. The van der Waals surface area contributed by atoms with E-state index in [9.17, 15) is 9.18 Å². The van der Waals surface area contributed by atoms with Crippen LogP contribution < -0.4 is 5.73 Å². The van der Waals surface area contributed by atoms with Crippen molar-refractivity contribution in [2.45, 2.75) is 45.3 Å². The van der Waals surface area contributed by atoms with Crippen molar-refractivity contribution in [3.05, 3.63) is 35.6 Å². The number of amides is 1. The summed E-state index contributed by atoms with van der Waals surface area (Å²) in [5.74, 6) is -0.171. The smallest absolute Gasteiger partial charge is 0.410 e. The molecule has 2 rings (SSSR count). The number of likely N-dealkylation sites (tertiary alicyclic amines) is 1. The maximum Gasteiger partial charge on any atom is 0.410 e. The normalized spacial score (nSPS) is 20.6. The third kappa shape index (κ3) is 4.44. The van der Waals surface area contributed by atoms with Gasteiger partial charge in [0.2, 0.25) is 0 Å². The van der Waals surface area contributed by atoms with Gasteiger partial charge < -0.3 is 15.4 Å². The second kappa shape index (κ2) is 6.65. The highest BCUT2D eigenvalue weighted by Gasteiger charge is 2.31. The maximum atomic E-state index is 13.3. The number of halogens is 1. The van der Waals surface area contributed by atoms with Crippen LogP contribution in [0.2, 0.25) is 0 Å².